The van der Waals surface area contributed by atoms with Gasteiger partial charge in [0.1, 0.15) is 5.82 Å². The molecule has 4 nitrogen and oxygen atoms in total. The second-order valence-electron chi connectivity index (χ2n) is 4.11. The standard InChI is InChI=1S/C10H13ClN4/c11-10-14-8-3-4-12-5-7(8)9(15-10)13-6-1-2-6/h6,12H,1-5H2,(H,13,14,15). The molecule has 1 saturated carbocycles. The predicted octanol–water partition coefficient (Wildman–Crippen LogP) is 1.35. The molecule has 2 heterocycles. The van der Waals surface area contributed by atoms with Gasteiger partial charge < -0.3 is 10.6 Å². The lowest BCUT2D eigenvalue weighted by Gasteiger charge is -2.19. The number of fused-ring (bicyclic) bond motifs is 1. The van der Waals surface area contributed by atoms with Crippen LogP contribution in [0.15, 0.2) is 0 Å². The van der Waals surface area contributed by atoms with Crippen LogP contribution >= 0.6 is 11.6 Å². The summed E-state index contributed by atoms with van der Waals surface area (Å²) in [5.41, 5.74) is 2.29. The molecular weight excluding hydrogens is 212 g/mol. The number of hydrogen-bond donors (Lipinski definition) is 2. The topological polar surface area (TPSA) is 49.8 Å². The summed E-state index contributed by atoms with van der Waals surface area (Å²) in [7, 11) is 0. The van der Waals surface area contributed by atoms with Gasteiger partial charge in [-0.2, -0.15) is 0 Å². The fourth-order valence-electron chi connectivity index (χ4n) is 1.85. The molecule has 15 heavy (non-hydrogen) atoms. The Morgan fingerprint density at radius 3 is 3.00 bits per heavy atom. The van der Waals surface area contributed by atoms with Gasteiger partial charge in [-0.1, -0.05) is 0 Å². The second-order valence-corrected chi connectivity index (χ2v) is 4.45. The zero-order valence-electron chi connectivity index (χ0n) is 8.39. The normalized spacial score (nSPS) is 19.8. The van der Waals surface area contributed by atoms with E-state index in [1.165, 1.54) is 18.4 Å². The SMILES string of the molecule is Clc1nc2c(c(NC3CC3)n1)CNCC2. The maximum Gasteiger partial charge on any atom is 0.224 e. The van der Waals surface area contributed by atoms with E-state index in [2.05, 4.69) is 20.6 Å². The van der Waals surface area contributed by atoms with Crippen LogP contribution in [0.2, 0.25) is 5.28 Å². The van der Waals surface area contributed by atoms with Crippen molar-refractivity contribution in [2.75, 3.05) is 11.9 Å². The van der Waals surface area contributed by atoms with Crippen LogP contribution in [-0.2, 0) is 13.0 Å². The number of anilines is 1. The third-order valence-electron chi connectivity index (χ3n) is 2.82. The van der Waals surface area contributed by atoms with E-state index in [1.807, 2.05) is 0 Å². The van der Waals surface area contributed by atoms with Crippen molar-refractivity contribution < 1.29 is 0 Å². The molecule has 1 fully saturated rings. The van der Waals surface area contributed by atoms with Gasteiger partial charge >= 0.3 is 0 Å². The number of nitrogens with one attached hydrogen (secondary N) is 2. The Morgan fingerprint density at radius 2 is 2.20 bits per heavy atom. The van der Waals surface area contributed by atoms with Crippen molar-refractivity contribution in [1.82, 2.24) is 15.3 Å². The first kappa shape index (κ1) is 9.36. The highest BCUT2D eigenvalue weighted by Gasteiger charge is 2.24. The van der Waals surface area contributed by atoms with Crippen LogP contribution < -0.4 is 10.6 Å². The van der Waals surface area contributed by atoms with Gasteiger partial charge in [0.05, 0.1) is 5.69 Å². The fourth-order valence-corrected chi connectivity index (χ4v) is 2.04. The van der Waals surface area contributed by atoms with Gasteiger partial charge in [-0.25, -0.2) is 9.97 Å². The van der Waals surface area contributed by atoms with Crippen LogP contribution in [0.5, 0.6) is 0 Å². The number of hydrogen-bond acceptors (Lipinski definition) is 4. The Bertz CT molecular complexity index is 389. The monoisotopic (exact) mass is 224 g/mol. The average Bonchev–Trinajstić information content (AvgIpc) is 3.01. The zero-order chi connectivity index (χ0) is 10.3. The molecule has 0 atom stereocenters. The molecule has 2 aliphatic rings. The Morgan fingerprint density at radius 1 is 1.33 bits per heavy atom. The molecule has 2 N–H and O–H groups in total. The third-order valence-corrected chi connectivity index (χ3v) is 2.99. The molecule has 1 aliphatic carbocycles. The second kappa shape index (κ2) is 3.61. The van der Waals surface area contributed by atoms with Crippen LogP contribution in [0.4, 0.5) is 5.82 Å². The van der Waals surface area contributed by atoms with Crippen molar-refractivity contribution in [3.63, 3.8) is 0 Å². The van der Waals surface area contributed by atoms with Crippen molar-refractivity contribution >= 4 is 17.4 Å². The minimum Gasteiger partial charge on any atom is -0.367 e. The molecule has 0 unspecified atom stereocenters. The molecule has 3 rings (SSSR count). The largest absolute Gasteiger partial charge is 0.367 e. The van der Waals surface area contributed by atoms with E-state index in [0.717, 1.165) is 31.0 Å². The number of halogens is 1. The van der Waals surface area contributed by atoms with Crippen molar-refractivity contribution in [2.45, 2.75) is 31.8 Å². The van der Waals surface area contributed by atoms with Crippen LogP contribution in [0.25, 0.3) is 0 Å². The van der Waals surface area contributed by atoms with Crippen LogP contribution in [-0.4, -0.2) is 22.6 Å². The quantitative estimate of drug-likeness (QED) is 0.745. The van der Waals surface area contributed by atoms with Crippen LogP contribution in [0, 0.1) is 0 Å². The van der Waals surface area contributed by atoms with E-state index in [9.17, 15) is 0 Å². The Hall–Kier alpha value is -0.870. The minimum atomic E-state index is 0.360. The minimum absolute atomic E-state index is 0.360. The van der Waals surface area contributed by atoms with Crippen LogP contribution in [0.1, 0.15) is 24.1 Å². The lowest BCUT2D eigenvalue weighted by atomic mass is 10.1. The van der Waals surface area contributed by atoms with E-state index in [0.29, 0.717) is 11.3 Å². The summed E-state index contributed by atoms with van der Waals surface area (Å²) in [6, 6.07) is 0.599. The van der Waals surface area contributed by atoms with Gasteiger partial charge in [-0.3, -0.25) is 0 Å². The molecule has 0 saturated heterocycles. The van der Waals surface area contributed by atoms with Gasteiger partial charge in [0, 0.05) is 31.1 Å². The fraction of sp³-hybridized carbons (Fsp3) is 0.600. The maximum absolute atomic E-state index is 5.90. The molecule has 0 aromatic carbocycles. The number of rotatable bonds is 2. The molecule has 1 aromatic heterocycles. The molecule has 0 spiro atoms. The van der Waals surface area contributed by atoms with Crippen molar-refractivity contribution in [3.8, 4) is 0 Å². The lowest BCUT2D eigenvalue weighted by molar-refractivity contribution is 0.627. The average molecular weight is 225 g/mol. The highest BCUT2D eigenvalue weighted by molar-refractivity contribution is 6.28. The van der Waals surface area contributed by atoms with E-state index >= 15 is 0 Å². The number of nitrogens with zero attached hydrogens (tertiary/aromatic N) is 2. The summed E-state index contributed by atoms with van der Waals surface area (Å²) < 4.78 is 0. The summed E-state index contributed by atoms with van der Waals surface area (Å²) in [5, 5.41) is 7.10. The predicted molar refractivity (Wildman–Crippen MR) is 59.1 cm³/mol. The van der Waals surface area contributed by atoms with Gasteiger partial charge in [-0.15, -0.1) is 0 Å². The third kappa shape index (κ3) is 1.92. The van der Waals surface area contributed by atoms with Crippen molar-refractivity contribution in [2.24, 2.45) is 0 Å². The van der Waals surface area contributed by atoms with Crippen molar-refractivity contribution in [1.29, 1.82) is 0 Å². The molecule has 5 heteroatoms. The highest BCUT2D eigenvalue weighted by Crippen LogP contribution is 2.28. The first-order chi connectivity index (χ1) is 7.33. The van der Waals surface area contributed by atoms with E-state index in [-0.39, 0.29) is 0 Å². The molecule has 0 amide bonds. The molecule has 1 aliphatic heterocycles. The lowest BCUT2D eigenvalue weighted by Crippen LogP contribution is -2.26. The smallest absolute Gasteiger partial charge is 0.224 e. The Labute approximate surface area is 93.5 Å². The molecule has 1 aromatic rings. The molecular formula is C10H13ClN4. The summed E-state index contributed by atoms with van der Waals surface area (Å²) in [6.45, 7) is 1.82. The zero-order valence-corrected chi connectivity index (χ0v) is 9.14. The summed E-state index contributed by atoms with van der Waals surface area (Å²) in [4.78, 5) is 8.55. The van der Waals surface area contributed by atoms with Crippen molar-refractivity contribution in [3.05, 3.63) is 16.5 Å². The first-order valence-electron chi connectivity index (χ1n) is 5.35. The number of aromatic nitrogens is 2. The highest BCUT2D eigenvalue weighted by atomic mass is 35.5. The maximum atomic E-state index is 5.90. The first-order valence-corrected chi connectivity index (χ1v) is 5.73. The van der Waals surface area contributed by atoms with E-state index in [1.54, 1.807) is 0 Å². The molecule has 0 radical (unpaired) electrons. The summed E-state index contributed by atoms with van der Waals surface area (Å²) >= 11 is 5.90. The van der Waals surface area contributed by atoms with Gasteiger partial charge in [0.15, 0.2) is 0 Å². The van der Waals surface area contributed by atoms with Gasteiger partial charge in [-0.05, 0) is 24.4 Å². The molecule has 80 valence electrons. The summed E-state index contributed by atoms with van der Waals surface area (Å²) in [5.74, 6) is 0.930. The Balaban J connectivity index is 1.98. The van der Waals surface area contributed by atoms with Crippen LogP contribution in [0.3, 0.4) is 0 Å². The van der Waals surface area contributed by atoms with Gasteiger partial charge in [0.25, 0.3) is 0 Å². The van der Waals surface area contributed by atoms with E-state index < -0.39 is 0 Å². The Kier molecular flexibility index (Phi) is 2.25. The van der Waals surface area contributed by atoms with E-state index in [4.69, 9.17) is 11.6 Å². The molecule has 0 bridgehead atoms. The van der Waals surface area contributed by atoms with Gasteiger partial charge in [0.2, 0.25) is 5.28 Å². The summed E-state index contributed by atoms with van der Waals surface area (Å²) in [6.07, 6.45) is 3.42.